The number of hydrogen-bond acceptors (Lipinski definition) is 6. The molecule has 2 rings (SSSR count). The number of carbonyl (C=O) groups is 3. The van der Waals surface area contributed by atoms with Crippen LogP contribution < -0.4 is 10.1 Å². The van der Waals surface area contributed by atoms with Crippen molar-refractivity contribution in [2.45, 2.75) is 39.2 Å². The number of carbonyl (C=O) groups excluding carboxylic acids is 3. The molecule has 0 saturated carbocycles. The van der Waals surface area contributed by atoms with Crippen molar-refractivity contribution in [3.8, 4) is 5.75 Å². The molecule has 1 amide bonds. The molecule has 160 valence electrons. The maximum absolute atomic E-state index is 12.7. The van der Waals surface area contributed by atoms with Crippen molar-refractivity contribution in [3.05, 3.63) is 59.2 Å². The number of amides is 1. The van der Waals surface area contributed by atoms with Crippen molar-refractivity contribution < 1.29 is 28.6 Å². The van der Waals surface area contributed by atoms with Gasteiger partial charge >= 0.3 is 11.9 Å². The molecular formula is C23H27NO6. The van der Waals surface area contributed by atoms with E-state index in [0.29, 0.717) is 5.75 Å². The van der Waals surface area contributed by atoms with Crippen molar-refractivity contribution in [1.29, 1.82) is 0 Å². The lowest BCUT2D eigenvalue weighted by molar-refractivity contribution is -0.122. The van der Waals surface area contributed by atoms with Crippen LogP contribution in [-0.2, 0) is 19.7 Å². The van der Waals surface area contributed by atoms with E-state index in [-0.39, 0.29) is 22.2 Å². The van der Waals surface area contributed by atoms with Gasteiger partial charge in [-0.3, -0.25) is 4.79 Å². The van der Waals surface area contributed by atoms with Gasteiger partial charge in [0.25, 0.3) is 5.91 Å². The van der Waals surface area contributed by atoms with E-state index in [4.69, 9.17) is 14.2 Å². The second-order valence-electron chi connectivity index (χ2n) is 7.77. The first-order valence-corrected chi connectivity index (χ1v) is 9.45. The van der Waals surface area contributed by atoms with Crippen LogP contribution in [0.5, 0.6) is 5.75 Å². The highest BCUT2D eigenvalue weighted by Gasteiger charge is 2.21. The molecule has 0 aliphatic carbocycles. The van der Waals surface area contributed by atoms with Gasteiger partial charge in [0.1, 0.15) is 5.75 Å². The van der Waals surface area contributed by atoms with E-state index < -0.39 is 23.9 Å². The van der Waals surface area contributed by atoms with Crippen LogP contribution in [0.15, 0.2) is 42.5 Å². The van der Waals surface area contributed by atoms with Crippen LogP contribution in [0.2, 0.25) is 0 Å². The molecule has 0 spiro atoms. The topological polar surface area (TPSA) is 90.9 Å². The number of esters is 2. The molecule has 30 heavy (non-hydrogen) atoms. The molecule has 0 aromatic heterocycles. The molecule has 0 bridgehead atoms. The largest absolute Gasteiger partial charge is 0.481 e. The Hall–Kier alpha value is -3.35. The Bertz CT molecular complexity index is 928. The number of ether oxygens (including phenoxy) is 3. The summed E-state index contributed by atoms with van der Waals surface area (Å²) in [5.41, 5.74) is 1.59. The van der Waals surface area contributed by atoms with Crippen molar-refractivity contribution in [2.75, 3.05) is 19.5 Å². The summed E-state index contributed by atoms with van der Waals surface area (Å²) in [6, 6.07) is 11.7. The van der Waals surface area contributed by atoms with Gasteiger partial charge in [-0.15, -0.1) is 0 Å². The summed E-state index contributed by atoms with van der Waals surface area (Å²) in [5, 5.41) is 2.63. The summed E-state index contributed by atoms with van der Waals surface area (Å²) in [4.78, 5) is 36.5. The first kappa shape index (κ1) is 22.9. The van der Waals surface area contributed by atoms with Crippen LogP contribution >= 0.6 is 0 Å². The Labute approximate surface area is 176 Å². The summed E-state index contributed by atoms with van der Waals surface area (Å²) in [7, 11) is 2.48. The van der Waals surface area contributed by atoms with Gasteiger partial charge in [-0.2, -0.15) is 0 Å². The van der Waals surface area contributed by atoms with Crippen molar-refractivity contribution in [1.82, 2.24) is 0 Å². The number of rotatable bonds is 6. The Balaban J connectivity index is 2.19. The quantitative estimate of drug-likeness (QED) is 0.721. The molecule has 0 aliphatic heterocycles. The first-order chi connectivity index (χ1) is 14.1. The predicted octanol–water partition coefficient (Wildman–Crippen LogP) is 3.96. The van der Waals surface area contributed by atoms with Crippen molar-refractivity contribution in [3.63, 3.8) is 0 Å². The zero-order valence-corrected chi connectivity index (χ0v) is 18.1. The molecule has 0 fully saturated rings. The smallest absolute Gasteiger partial charge is 0.339 e. The SMILES string of the molecule is COC(=O)c1ccc(C(=O)OC)c(NC(=O)[C@@H](C)Oc2ccc(C(C)(C)C)cc2)c1. The van der Waals surface area contributed by atoms with E-state index in [1.165, 1.54) is 32.4 Å². The van der Waals surface area contributed by atoms with E-state index in [2.05, 4.69) is 26.1 Å². The van der Waals surface area contributed by atoms with Crippen molar-refractivity contribution >= 4 is 23.5 Å². The lowest BCUT2D eigenvalue weighted by Crippen LogP contribution is -2.31. The fourth-order valence-corrected chi connectivity index (χ4v) is 2.71. The highest BCUT2D eigenvalue weighted by atomic mass is 16.5. The lowest BCUT2D eigenvalue weighted by atomic mass is 9.87. The van der Waals surface area contributed by atoms with E-state index in [1.54, 1.807) is 6.92 Å². The minimum absolute atomic E-state index is 0.0104. The molecule has 1 N–H and O–H groups in total. The van der Waals surface area contributed by atoms with Crippen LogP contribution in [0.4, 0.5) is 5.69 Å². The number of hydrogen-bond donors (Lipinski definition) is 1. The predicted molar refractivity (Wildman–Crippen MR) is 113 cm³/mol. The minimum Gasteiger partial charge on any atom is -0.481 e. The molecule has 0 aliphatic rings. The summed E-state index contributed by atoms with van der Waals surface area (Å²) >= 11 is 0. The molecule has 1 atom stereocenters. The number of benzene rings is 2. The van der Waals surface area contributed by atoms with Gasteiger partial charge in [-0.1, -0.05) is 32.9 Å². The van der Waals surface area contributed by atoms with Gasteiger partial charge < -0.3 is 19.5 Å². The van der Waals surface area contributed by atoms with Gasteiger partial charge in [0.05, 0.1) is 31.0 Å². The summed E-state index contributed by atoms with van der Waals surface area (Å²) in [6.45, 7) is 7.93. The zero-order chi connectivity index (χ0) is 22.5. The molecule has 0 heterocycles. The molecular weight excluding hydrogens is 386 g/mol. The van der Waals surface area contributed by atoms with Crippen LogP contribution in [0.3, 0.4) is 0 Å². The Kier molecular flexibility index (Phi) is 7.21. The second-order valence-corrected chi connectivity index (χ2v) is 7.77. The Morgan fingerprint density at radius 2 is 1.50 bits per heavy atom. The maximum atomic E-state index is 12.7. The van der Waals surface area contributed by atoms with Gasteiger partial charge in [0.2, 0.25) is 0 Å². The first-order valence-electron chi connectivity index (χ1n) is 9.45. The van der Waals surface area contributed by atoms with Gasteiger partial charge in [-0.25, -0.2) is 9.59 Å². The monoisotopic (exact) mass is 413 g/mol. The highest BCUT2D eigenvalue weighted by Crippen LogP contribution is 2.25. The van der Waals surface area contributed by atoms with Crippen LogP contribution in [0.25, 0.3) is 0 Å². The Morgan fingerprint density at radius 3 is 2.03 bits per heavy atom. The average molecular weight is 413 g/mol. The molecule has 7 heteroatoms. The molecule has 2 aromatic carbocycles. The number of methoxy groups -OCH3 is 2. The standard InChI is InChI=1S/C23H27NO6/c1-14(30-17-10-8-16(9-11-17)23(2,3)4)20(25)24-19-13-15(21(26)28-5)7-12-18(19)22(27)29-6/h7-14H,1-6H3,(H,24,25)/t14-/m1/s1. The maximum Gasteiger partial charge on any atom is 0.339 e. The third-order valence-electron chi connectivity index (χ3n) is 4.51. The van der Waals surface area contributed by atoms with E-state index in [9.17, 15) is 14.4 Å². The molecule has 0 radical (unpaired) electrons. The minimum atomic E-state index is -0.849. The molecule has 0 unspecified atom stereocenters. The van der Waals surface area contributed by atoms with Gasteiger partial charge in [0, 0.05) is 0 Å². The normalized spacial score (nSPS) is 11.9. The van der Waals surface area contributed by atoms with Gasteiger partial charge in [0.15, 0.2) is 6.10 Å². The third kappa shape index (κ3) is 5.59. The lowest BCUT2D eigenvalue weighted by Gasteiger charge is -2.20. The molecule has 7 nitrogen and oxygen atoms in total. The van der Waals surface area contributed by atoms with Crippen LogP contribution in [-0.4, -0.2) is 38.2 Å². The third-order valence-corrected chi connectivity index (χ3v) is 4.51. The van der Waals surface area contributed by atoms with E-state index in [0.717, 1.165) is 5.56 Å². The number of anilines is 1. The summed E-state index contributed by atoms with van der Waals surface area (Å²) in [6.07, 6.45) is -0.849. The summed E-state index contributed by atoms with van der Waals surface area (Å²) < 4.78 is 15.2. The fourth-order valence-electron chi connectivity index (χ4n) is 2.71. The summed E-state index contributed by atoms with van der Waals surface area (Å²) in [5.74, 6) is -1.18. The van der Waals surface area contributed by atoms with Gasteiger partial charge in [-0.05, 0) is 48.2 Å². The molecule has 0 saturated heterocycles. The average Bonchev–Trinajstić information content (AvgIpc) is 2.72. The fraction of sp³-hybridized carbons (Fsp3) is 0.348. The van der Waals surface area contributed by atoms with Crippen molar-refractivity contribution in [2.24, 2.45) is 0 Å². The Morgan fingerprint density at radius 1 is 0.900 bits per heavy atom. The van der Waals surface area contributed by atoms with E-state index in [1.807, 2.05) is 24.3 Å². The van der Waals surface area contributed by atoms with Crippen LogP contribution in [0, 0.1) is 0 Å². The van der Waals surface area contributed by atoms with E-state index >= 15 is 0 Å². The zero-order valence-electron chi connectivity index (χ0n) is 18.1. The molecule has 2 aromatic rings. The number of nitrogens with one attached hydrogen (secondary N) is 1. The van der Waals surface area contributed by atoms with Crippen LogP contribution in [0.1, 0.15) is 54.0 Å². The highest BCUT2D eigenvalue weighted by molar-refractivity contribution is 6.04. The second kappa shape index (κ2) is 9.43.